The average molecular weight is 1530 g/mol. The summed E-state index contributed by atoms with van der Waals surface area (Å²) in [5.74, 6) is -0.299. The van der Waals surface area contributed by atoms with Gasteiger partial charge >= 0.3 is 11.9 Å². The number of hydrogen-bond donors (Lipinski definition) is 27. The Morgan fingerprint density at radius 3 is 1.81 bits per heavy atom. The largest absolute Gasteiger partial charge is 0.481 e. The molecule has 2 saturated heterocycles. The molecule has 31 heteroatoms. The second-order valence-corrected chi connectivity index (χ2v) is 33.4. The lowest BCUT2D eigenvalue weighted by molar-refractivity contribution is -0.139. The Bertz CT molecular complexity index is 2590. The van der Waals surface area contributed by atoms with Crippen molar-refractivity contribution in [1.29, 1.82) is 0 Å². The number of nitrogens with one attached hydrogen (secondary N) is 11. The first-order chi connectivity index (χ1) is 50.2. The van der Waals surface area contributed by atoms with Crippen LogP contribution < -0.4 is 70.0 Å². The van der Waals surface area contributed by atoms with E-state index in [4.69, 9.17) is 11.5 Å². The molecule has 0 aromatic heterocycles. The smallest absolute Gasteiger partial charge is 0.305 e. The molecule has 2 aliphatic heterocycles. The number of rotatable bonds is 52. The molecule has 7 rings (SSSR count). The topological polar surface area (TPSA) is 485 Å². The summed E-state index contributed by atoms with van der Waals surface area (Å²) < 4.78 is 0. The molecule has 606 valence electrons. The molecule has 0 bridgehead atoms. The van der Waals surface area contributed by atoms with Crippen LogP contribution in [0.4, 0.5) is 0 Å². The van der Waals surface area contributed by atoms with Crippen molar-refractivity contribution in [3.05, 3.63) is 49.0 Å². The number of carboxylic acids is 2. The van der Waals surface area contributed by atoms with Crippen LogP contribution in [0.5, 0.6) is 0 Å². The number of aliphatic hydroxyl groups excluding tert-OH is 11. The second-order valence-electron chi connectivity index (χ2n) is 31.9. The van der Waals surface area contributed by atoms with Crippen LogP contribution in [0.25, 0.3) is 0 Å². The van der Waals surface area contributed by atoms with Gasteiger partial charge in [0.1, 0.15) is 56.1 Å². The molecule has 2 heterocycles. The minimum absolute atomic E-state index is 0.0387. The van der Waals surface area contributed by atoms with Crippen LogP contribution in [0.15, 0.2) is 49.0 Å². The minimum Gasteiger partial charge on any atom is -0.481 e. The zero-order valence-electron chi connectivity index (χ0n) is 62.3. The maximum absolute atomic E-state index is 12.7. The van der Waals surface area contributed by atoms with E-state index < -0.39 is 147 Å². The van der Waals surface area contributed by atoms with Gasteiger partial charge in [0.05, 0.1) is 48.8 Å². The quantitative estimate of drug-likeness (QED) is 0.0131. The molecule has 0 aromatic carbocycles. The van der Waals surface area contributed by atoms with Gasteiger partial charge < -0.3 is 99.1 Å². The first-order valence-corrected chi connectivity index (χ1v) is 41.7. The van der Waals surface area contributed by atoms with E-state index in [0.29, 0.717) is 87.4 Å². The summed E-state index contributed by atoms with van der Waals surface area (Å²) >= 11 is 4.21. The molecule has 6 fully saturated rings. The molecule has 0 aromatic rings. The van der Waals surface area contributed by atoms with Crippen molar-refractivity contribution in [2.75, 3.05) is 31.9 Å². The minimum atomic E-state index is -1.76. The van der Waals surface area contributed by atoms with Gasteiger partial charge in [-0.2, -0.15) is 0 Å². The summed E-state index contributed by atoms with van der Waals surface area (Å²) in [6.45, 7) is 15.8. The Morgan fingerprint density at radius 2 is 1.19 bits per heavy atom. The summed E-state index contributed by atoms with van der Waals surface area (Å²) in [5.41, 5.74) is 13.2. The van der Waals surface area contributed by atoms with Crippen LogP contribution in [-0.2, 0) is 9.59 Å². The average Bonchev–Trinajstić information content (AvgIpc) is 1.73. The molecule has 0 amide bonds. The van der Waals surface area contributed by atoms with Gasteiger partial charge in [-0.25, -0.2) is 0 Å². The van der Waals surface area contributed by atoms with Gasteiger partial charge in [0, 0.05) is 91.6 Å². The third kappa shape index (κ3) is 30.0. The van der Waals surface area contributed by atoms with Crippen LogP contribution in [0.2, 0.25) is 0 Å². The van der Waals surface area contributed by atoms with E-state index in [9.17, 15) is 76.0 Å². The first kappa shape index (κ1) is 89.3. The van der Waals surface area contributed by atoms with E-state index in [1.807, 2.05) is 11.0 Å². The van der Waals surface area contributed by atoms with E-state index in [1.165, 1.54) is 24.1 Å². The van der Waals surface area contributed by atoms with Crippen molar-refractivity contribution in [2.24, 2.45) is 47.0 Å². The van der Waals surface area contributed by atoms with Gasteiger partial charge in [-0.1, -0.05) is 139 Å². The van der Waals surface area contributed by atoms with Crippen LogP contribution in [-0.4, -0.2) is 250 Å². The van der Waals surface area contributed by atoms with Crippen molar-refractivity contribution < 1.29 is 76.0 Å². The van der Waals surface area contributed by atoms with Gasteiger partial charge in [0.25, 0.3) is 0 Å². The molecule has 4 saturated carbocycles. The fraction of sp³-hybridized carbons (Fsp3) is 0.865. The molecule has 16 unspecified atom stereocenters. The van der Waals surface area contributed by atoms with Crippen LogP contribution >= 0.6 is 22.5 Å². The predicted octanol–water partition coefficient (Wildman–Crippen LogP) is 0.693. The number of likely N-dealkylation sites (tertiary alicyclic amines) is 1. The SMILES string of the molecule is C=C(N[C@@H](CC(=O)O)C(O)N[C@@H](CC(N)O)C(=C)N[C@@H](C(C)O)C(O)N[C@@H](CC1CCCCC1)C(O)N1CCC[C@H]1C(O)NCCSS)[C@H](CC1C=CC(O)CC1)NC(O)CNC(O)[C@H](CCC(=O)O)NC(=C)[C@H](CC1CCCCC1)NC(O)[C@H](CC1CNC2CCCCC12)NC(O)C(N)CC1CCC1. The first-order valence-electron chi connectivity index (χ1n) is 39.7. The van der Waals surface area contributed by atoms with Crippen molar-refractivity contribution in [2.45, 2.75) is 334 Å². The lowest BCUT2D eigenvalue weighted by Crippen LogP contribution is -2.63. The van der Waals surface area contributed by atoms with Crippen molar-refractivity contribution in [3.8, 4) is 0 Å². The molecule has 7 aliphatic rings. The highest BCUT2D eigenvalue weighted by Crippen LogP contribution is 2.39. The molecule has 0 spiro atoms. The third-order valence-electron chi connectivity index (χ3n) is 23.7. The predicted molar refractivity (Wildman–Crippen MR) is 410 cm³/mol. The van der Waals surface area contributed by atoms with Gasteiger partial charge in [0.15, 0.2) is 0 Å². The van der Waals surface area contributed by atoms with E-state index >= 15 is 0 Å². The Balaban J connectivity index is 1.03. The zero-order chi connectivity index (χ0) is 76.3. The molecule has 5 aliphatic carbocycles. The number of carbonyl (C=O) groups is 2. The van der Waals surface area contributed by atoms with Gasteiger partial charge in [-0.15, -0.1) is 11.7 Å². The highest BCUT2D eigenvalue weighted by Gasteiger charge is 2.44. The molecular formula is C74H138N14O15S2. The van der Waals surface area contributed by atoms with Crippen LogP contribution in [0.3, 0.4) is 0 Å². The summed E-state index contributed by atoms with van der Waals surface area (Å²) in [5, 5.41) is 184. The lowest BCUT2D eigenvalue weighted by Gasteiger charge is -2.41. The number of nitrogens with two attached hydrogens (primary N) is 2. The Morgan fingerprint density at radius 1 is 0.590 bits per heavy atom. The Kier molecular flexibility index (Phi) is 39.3. The maximum Gasteiger partial charge on any atom is 0.305 e. The summed E-state index contributed by atoms with van der Waals surface area (Å²) in [6.07, 6.45) is 11.0. The van der Waals surface area contributed by atoms with Crippen molar-refractivity contribution >= 4 is 34.4 Å². The van der Waals surface area contributed by atoms with Gasteiger partial charge in [0.2, 0.25) is 0 Å². The highest BCUT2D eigenvalue weighted by atomic mass is 33.1. The fourth-order valence-corrected chi connectivity index (χ4v) is 17.9. The zero-order valence-corrected chi connectivity index (χ0v) is 64.0. The monoisotopic (exact) mass is 1530 g/mol. The van der Waals surface area contributed by atoms with Crippen molar-refractivity contribution in [3.63, 3.8) is 0 Å². The number of aliphatic carboxylic acids is 2. The number of hydrogen-bond acceptors (Lipinski definition) is 29. The number of nitrogens with zero attached hydrogens (tertiary/aromatic N) is 1. The lowest BCUT2D eigenvalue weighted by atomic mass is 9.77. The normalized spacial score (nSPS) is 27.7. The van der Waals surface area contributed by atoms with E-state index in [0.717, 1.165) is 116 Å². The summed E-state index contributed by atoms with van der Waals surface area (Å²) in [7, 11) is 1.34. The van der Waals surface area contributed by atoms with E-state index in [-0.39, 0.29) is 67.3 Å². The summed E-state index contributed by atoms with van der Waals surface area (Å²) in [4.78, 5) is 26.8. The highest BCUT2D eigenvalue weighted by molar-refractivity contribution is 8.68. The van der Waals surface area contributed by atoms with E-state index in [2.05, 4.69) is 89.9 Å². The number of thiol groups is 1. The molecule has 28 N–H and O–H groups in total. The Labute approximate surface area is 632 Å². The van der Waals surface area contributed by atoms with Crippen LogP contribution in [0.1, 0.15) is 200 Å². The van der Waals surface area contributed by atoms with E-state index in [1.54, 1.807) is 6.08 Å². The molecule has 25 atom stereocenters. The third-order valence-corrected chi connectivity index (χ3v) is 24.7. The Hall–Kier alpha value is -2.88. The van der Waals surface area contributed by atoms with Crippen molar-refractivity contribution in [1.82, 2.24) is 63.4 Å². The molecule has 105 heavy (non-hydrogen) atoms. The van der Waals surface area contributed by atoms with Crippen LogP contribution in [0, 0.1) is 35.5 Å². The second kappa shape index (κ2) is 46.2. The fourth-order valence-electron chi connectivity index (χ4n) is 17.4. The molecule has 0 radical (unpaired) electrons. The standard InChI is InChI=1S/C74H138N14O15S2/c1-42(81-60(39-66(95)96)71(100)85-58(38-63(76)91)44(3)82-67(45(4)89)73(102)87-61(36-48-17-9-6-10-18-48)74(103)88-31-14-23-62(88)72(101)77-30-32-105-104)56(35-49-24-26-51(90)27-25-49)83-64(92)41-79-69(98)55(28-29-65(93)94)80-43(2)57(34-47-15-7-5-8-16-47)84-70(99)59(86-68(97)53(75)33-46-19-13-20-46)37-50-40-78-54-22-12-11-21-52(50)54/h24,26,45-64,67-74,77-87,89-92,97-104H,1-3,5-23,25,27-41,75-76H2,4H3,(H,93,94)(H,95,96)/t45?,49?,50?,51?,52?,53?,54?,55-,56-,57-,58-,59-,60-,61-,62-,63?,64?,67-,68?,69?,70?,71?,72?,73?,74?/m0/s1. The number of carboxylic acid groups (broad SMARTS) is 2. The maximum atomic E-state index is 12.7. The van der Waals surface area contributed by atoms with Gasteiger partial charge in [-0.3, -0.25) is 51.7 Å². The van der Waals surface area contributed by atoms with Gasteiger partial charge in [-0.05, 0) is 126 Å². The molecular weight excluding hydrogens is 1390 g/mol. The number of aliphatic hydroxyl groups is 11. The number of allylic oxidation sites excluding steroid dienone is 1. The number of fused-ring (bicyclic) bond motifs is 1. The molecule has 29 nitrogen and oxygen atoms in total. The summed E-state index contributed by atoms with van der Waals surface area (Å²) in [6, 6.07) is -8.03.